The largest absolute Gasteiger partial charge is 0.380 e. The molecule has 0 radical (unpaired) electrons. The van der Waals surface area contributed by atoms with Crippen LogP contribution in [0.5, 0.6) is 0 Å². The highest BCUT2D eigenvalue weighted by molar-refractivity contribution is 5.74. The highest BCUT2D eigenvalue weighted by atomic mass is 16.5. The van der Waals surface area contributed by atoms with Gasteiger partial charge in [0.05, 0.1) is 13.2 Å². The van der Waals surface area contributed by atoms with Crippen LogP contribution in [0.3, 0.4) is 0 Å². The van der Waals surface area contributed by atoms with Crippen molar-refractivity contribution >= 4 is 11.7 Å². The molecule has 1 aromatic heterocycles. The van der Waals surface area contributed by atoms with Crippen LogP contribution in [0.1, 0.15) is 0 Å². The molecule has 2 aliphatic heterocycles. The number of ether oxygens (including phenoxy) is 1. The van der Waals surface area contributed by atoms with Gasteiger partial charge >= 0.3 is 6.03 Å². The molecular formula is C17H27N5O2. The average Bonchev–Trinajstić information content (AvgIpc) is 2.84. The number of hydrogen-bond donors (Lipinski definition) is 1. The second-order valence-corrected chi connectivity index (χ2v) is 6.57. The van der Waals surface area contributed by atoms with Crippen LogP contribution in [0.25, 0.3) is 0 Å². The first-order valence-corrected chi connectivity index (χ1v) is 8.66. The summed E-state index contributed by atoms with van der Waals surface area (Å²) in [6.07, 6.45) is 3.61. The molecule has 0 saturated carbocycles. The summed E-state index contributed by atoms with van der Waals surface area (Å²) in [6, 6.07) is 4.06. The van der Waals surface area contributed by atoms with Gasteiger partial charge in [-0.3, -0.25) is 4.98 Å². The van der Waals surface area contributed by atoms with E-state index in [0.717, 1.165) is 52.5 Å². The first-order valence-electron chi connectivity index (χ1n) is 8.66. The maximum absolute atomic E-state index is 12.4. The van der Waals surface area contributed by atoms with E-state index in [2.05, 4.69) is 27.1 Å². The summed E-state index contributed by atoms with van der Waals surface area (Å²) < 4.78 is 5.60. The van der Waals surface area contributed by atoms with Crippen LogP contribution in [-0.4, -0.2) is 86.9 Å². The fourth-order valence-corrected chi connectivity index (χ4v) is 3.24. The Balaban J connectivity index is 1.42. The van der Waals surface area contributed by atoms with Crippen molar-refractivity contribution in [3.63, 3.8) is 0 Å². The Morgan fingerprint density at radius 3 is 2.75 bits per heavy atom. The number of nitrogens with zero attached hydrogens (tertiary/aromatic N) is 4. The van der Waals surface area contributed by atoms with Crippen molar-refractivity contribution in [3.05, 3.63) is 24.5 Å². The monoisotopic (exact) mass is 333 g/mol. The quantitative estimate of drug-likeness (QED) is 0.872. The van der Waals surface area contributed by atoms with Gasteiger partial charge in [-0.2, -0.15) is 0 Å². The maximum Gasteiger partial charge on any atom is 0.317 e. The van der Waals surface area contributed by atoms with Crippen molar-refractivity contribution in [1.29, 1.82) is 0 Å². The van der Waals surface area contributed by atoms with Crippen LogP contribution in [0.15, 0.2) is 24.5 Å². The van der Waals surface area contributed by atoms with E-state index in [1.165, 1.54) is 5.69 Å². The van der Waals surface area contributed by atoms with E-state index in [4.69, 9.17) is 4.74 Å². The predicted octanol–water partition coefficient (Wildman–Crippen LogP) is 0.491. The van der Waals surface area contributed by atoms with E-state index in [1.54, 1.807) is 12.4 Å². The molecule has 132 valence electrons. The zero-order valence-corrected chi connectivity index (χ0v) is 14.4. The number of aromatic nitrogens is 1. The standard InChI is InChI=1S/C17H27N5O2/c1-20-10-11-24-14-15(13-20)12-19-17(23)22-8-6-21(7-9-22)16-2-4-18-5-3-16/h2-5,15H,6-14H2,1H3,(H,19,23)/t15-/m0/s1. The van der Waals surface area contributed by atoms with Crippen LogP contribution in [0, 0.1) is 5.92 Å². The first-order chi connectivity index (χ1) is 11.7. The normalized spacial score (nSPS) is 23.0. The van der Waals surface area contributed by atoms with E-state index >= 15 is 0 Å². The Kier molecular flexibility index (Phi) is 5.87. The fourth-order valence-electron chi connectivity index (χ4n) is 3.24. The number of pyridine rings is 1. The molecule has 2 fully saturated rings. The molecule has 0 aromatic carbocycles. The Bertz CT molecular complexity index is 519. The van der Waals surface area contributed by atoms with Gasteiger partial charge in [-0.05, 0) is 19.2 Å². The number of amides is 2. The molecule has 1 N–H and O–H groups in total. The lowest BCUT2D eigenvalue weighted by Crippen LogP contribution is -2.52. The molecular weight excluding hydrogens is 306 g/mol. The van der Waals surface area contributed by atoms with E-state index in [-0.39, 0.29) is 6.03 Å². The topological polar surface area (TPSA) is 60.9 Å². The molecule has 2 aliphatic rings. The molecule has 0 spiro atoms. The number of carbonyl (C=O) groups is 1. The number of hydrogen-bond acceptors (Lipinski definition) is 5. The molecule has 0 aliphatic carbocycles. The number of anilines is 1. The molecule has 2 amide bonds. The van der Waals surface area contributed by atoms with E-state index in [0.29, 0.717) is 12.5 Å². The summed E-state index contributed by atoms with van der Waals surface area (Å²) in [5.74, 6) is 0.361. The third-order valence-electron chi connectivity index (χ3n) is 4.68. The van der Waals surface area contributed by atoms with Gasteiger partial charge in [0.25, 0.3) is 0 Å². The van der Waals surface area contributed by atoms with Gasteiger partial charge < -0.3 is 24.8 Å². The Hall–Kier alpha value is -1.86. The van der Waals surface area contributed by atoms with Crippen molar-refractivity contribution in [2.75, 3.05) is 71.0 Å². The van der Waals surface area contributed by atoms with Crippen molar-refractivity contribution in [2.45, 2.75) is 0 Å². The molecule has 3 rings (SSSR count). The van der Waals surface area contributed by atoms with Gasteiger partial charge in [-0.1, -0.05) is 0 Å². The summed E-state index contributed by atoms with van der Waals surface area (Å²) in [7, 11) is 2.10. The van der Waals surface area contributed by atoms with Crippen molar-refractivity contribution in [1.82, 2.24) is 20.1 Å². The second kappa shape index (κ2) is 8.30. The van der Waals surface area contributed by atoms with Crippen LogP contribution >= 0.6 is 0 Å². The smallest absolute Gasteiger partial charge is 0.317 e. The van der Waals surface area contributed by atoms with Gasteiger partial charge in [0.15, 0.2) is 0 Å². The molecule has 1 aromatic rings. The van der Waals surface area contributed by atoms with Crippen molar-refractivity contribution < 1.29 is 9.53 Å². The Labute approximate surface area is 143 Å². The van der Waals surface area contributed by atoms with Gasteiger partial charge in [-0.25, -0.2) is 4.79 Å². The van der Waals surface area contributed by atoms with E-state index in [9.17, 15) is 4.79 Å². The summed E-state index contributed by atoms with van der Waals surface area (Å²) >= 11 is 0. The Morgan fingerprint density at radius 1 is 1.25 bits per heavy atom. The van der Waals surface area contributed by atoms with Gasteiger partial charge in [-0.15, -0.1) is 0 Å². The van der Waals surface area contributed by atoms with Crippen LogP contribution < -0.4 is 10.2 Å². The van der Waals surface area contributed by atoms with Gasteiger partial charge in [0, 0.05) is 69.8 Å². The molecule has 0 bridgehead atoms. The SMILES string of the molecule is CN1CCOC[C@@H](CNC(=O)N2CCN(c3ccncc3)CC2)C1. The number of rotatable bonds is 3. The maximum atomic E-state index is 12.4. The van der Waals surface area contributed by atoms with Crippen molar-refractivity contribution in [2.24, 2.45) is 5.92 Å². The van der Waals surface area contributed by atoms with Crippen LogP contribution in [0.2, 0.25) is 0 Å². The number of carbonyl (C=O) groups excluding carboxylic acids is 1. The minimum atomic E-state index is 0.0382. The van der Waals surface area contributed by atoms with Crippen LogP contribution in [-0.2, 0) is 4.74 Å². The van der Waals surface area contributed by atoms with E-state index in [1.807, 2.05) is 17.0 Å². The predicted molar refractivity (Wildman–Crippen MR) is 93.2 cm³/mol. The summed E-state index contributed by atoms with van der Waals surface area (Å²) in [5, 5.41) is 3.08. The van der Waals surface area contributed by atoms with Crippen molar-refractivity contribution in [3.8, 4) is 0 Å². The number of nitrogens with one attached hydrogen (secondary N) is 1. The summed E-state index contributed by atoms with van der Waals surface area (Å²) in [4.78, 5) is 22.9. The molecule has 24 heavy (non-hydrogen) atoms. The minimum absolute atomic E-state index is 0.0382. The lowest BCUT2D eigenvalue weighted by atomic mass is 10.1. The number of likely N-dealkylation sites (N-methyl/N-ethyl adjacent to an activating group) is 1. The molecule has 7 nitrogen and oxygen atoms in total. The summed E-state index contributed by atoms with van der Waals surface area (Å²) in [6.45, 7) is 7.30. The highest BCUT2D eigenvalue weighted by Gasteiger charge is 2.22. The Morgan fingerprint density at radius 2 is 2.00 bits per heavy atom. The first kappa shape index (κ1) is 17.0. The highest BCUT2D eigenvalue weighted by Crippen LogP contribution is 2.14. The zero-order valence-electron chi connectivity index (χ0n) is 14.4. The lowest BCUT2D eigenvalue weighted by Gasteiger charge is -2.36. The summed E-state index contributed by atoms with van der Waals surface area (Å²) in [5.41, 5.74) is 1.17. The third-order valence-corrected chi connectivity index (χ3v) is 4.68. The molecule has 3 heterocycles. The van der Waals surface area contributed by atoms with Gasteiger partial charge in [0.1, 0.15) is 0 Å². The van der Waals surface area contributed by atoms with Crippen LogP contribution in [0.4, 0.5) is 10.5 Å². The molecule has 0 unspecified atom stereocenters. The minimum Gasteiger partial charge on any atom is -0.380 e. The fraction of sp³-hybridized carbons (Fsp3) is 0.647. The van der Waals surface area contributed by atoms with E-state index < -0.39 is 0 Å². The van der Waals surface area contributed by atoms with Gasteiger partial charge in [0.2, 0.25) is 0 Å². The third kappa shape index (κ3) is 4.58. The second-order valence-electron chi connectivity index (χ2n) is 6.57. The number of piperazine rings is 1. The number of urea groups is 1. The molecule has 2 saturated heterocycles. The molecule has 1 atom stereocenters. The molecule has 7 heteroatoms. The zero-order chi connectivity index (χ0) is 16.8. The lowest BCUT2D eigenvalue weighted by molar-refractivity contribution is 0.121. The average molecular weight is 333 g/mol.